The number of rotatable bonds is 5. The third kappa shape index (κ3) is 5.39. The number of piperazine rings is 1. The summed E-state index contributed by atoms with van der Waals surface area (Å²) in [6.45, 7) is 4.84. The van der Waals surface area contributed by atoms with Gasteiger partial charge in [-0.25, -0.2) is 4.39 Å². The molecule has 0 aromatic heterocycles. The van der Waals surface area contributed by atoms with Crippen LogP contribution in [-0.2, 0) is 11.0 Å². The average Bonchev–Trinajstić information content (AvgIpc) is 2.73. The molecule has 0 spiro atoms. The topological polar surface area (TPSA) is 52.7 Å². The second-order valence-corrected chi connectivity index (χ2v) is 8.01. The van der Waals surface area contributed by atoms with Gasteiger partial charge < -0.3 is 10.2 Å². The quantitative estimate of drug-likeness (QED) is 0.500. The summed E-state index contributed by atoms with van der Waals surface area (Å²) in [5.41, 5.74) is -0.334. The molecule has 1 heterocycles. The molecule has 172 valence electrons. The maximum atomic E-state index is 14.4. The predicted molar refractivity (Wildman–Crippen MR) is 115 cm³/mol. The SMILES string of the molecule is CC(=O)c1ccc(N2CCN(C(C)C(=O)Nc3ccc(Cl)c(C(F)(F)F)c3)CC2)c(F)c1. The first-order valence-corrected chi connectivity index (χ1v) is 10.3. The van der Waals surface area contributed by atoms with Crippen molar-refractivity contribution in [1.29, 1.82) is 0 Å². The van der Waals surface area contributed by atoms with Gasteiger partial charge in [-0.2, -0.15) is 13.2 Å². The smallest absolute Gasteiger partial charge is 0.367 e. The molecule has 1 saturated heterocycles. The van der Waals surface area contributed by atoms with Gasteiger partial charge in [0.1, 0.15) is 5.82 Å². The van der Waals surface area contributed by atoms with E-state index in [-0.39, 0.29) is 11.5 Å². The van der Waals surface area contributed by atoms with E-state index in [1.54, 1.807) is 19.1 Å². The van der Waals surface area contributed by atoms with Gasteiger partial charge in [-0.15, -0.1) is 0 Å². The van der Waals surface area contributed by atoms with E-state index < -0.39 is 34.5 Å². The second-order valence-electron chi connectivity index (χ2n) is 7.60. The lowest BCUT2D eigenvalue weighted by molar-refractivity contribution is -0.137. The Morgan fingerprint density at radius 3 is 2.28 bits per heavy atom. The molecule has 1 amide bonds. The monoisotopic (exact) mass is 471 g/mol. The Hall–Kier alpha value is -2.65. The summed E-state index contributed by atoms with van der Waals surface area (Å²) in [5.74, 6) is -1.16. The lowest BCUT2D eigenvalue weighted by atomic mass is 10.1. The molecule has 1 unspecified atom stereocenters. The zero-order valence-electron chi connectivity index (χ0n) is 17.5. The van der Waals surface area contributed by atoms with Crippen LogP contribution in [0.25, 0.3) is 0 Å². The van der Waals surface area contributed by atoms with Crippen molar-refractivity contribution in [3.8, 4) is 0 Å². The summed E-state index contributed by atoms with van der Waals surface area (Å²) < 4.78 is 53.5. The normalized spacial score (nSPS) is 16.0. The molecule has 1 aliphatic rings. The van der Waals surface area contributed by atoms with Gasteiger partial charge in [-0.05, 0) is 50.2 Å². The minimum absolute atomic E-state index is 0.00448. The van der Waals surface area contributed by atoms with Gasteiger partial charge in [0, 0.05) is 37.4 Å². The molecule has 1 fully saturated rings. The van der Waals surface area contributed by atoms with E-state index in [0.717, 1.165) is 12.1 Å². The van der Waals surface area contributed by atoms with E-state index in [0.29, 0.717) is 37.4 Å². The molecule has 5 nitrogen and oxygen atoms in total. The number of carbonyl (C=O) groups is 2. The number of anilines is 2. The zero-order chi connectivity index (χ0) is 23.6. The molecule has 1 aliphatic heterocycles. The largest absolute Gasteiger partial charge is 0.417 e. The molecule has 32 heavy (non-hydrogen) atoms. The van der Waals surface area contributed by atoms with Crippen molar-refractivity contribution >= 4 is 34.7 Å². The van der Waals surface area contributed by atoms with Crippen molar-refractivity contribution in [2.24, 2.45) is 0 Å². The molecule has 2 aromatic rings. The van der Waals surface area contributed by atoms with Crippen LogP contribution in [0.3, 0.4) is 0 Å². The van der Waals surface area contributed by atoms with Gasteiger partial charge in [0.15, 0.2) is 5.78 Å². The number of Topliss-reactive ketones (excluding diaryl/α,β-unsaturated/α-hetero) is 1. The van der Waals surface area contributed by atoms with Crippen LogP contribution >= 0.6 is 11.6 Å². The highest BCUT2D eigenvalue weighted by Gasteiger charge is 2.34. The van der Waals surface area contributed by atoms with Crippen molar-refractivity contribution in [1.82, 2.24) is 4.90 Å². The minimum Gasteiger partial charge on any atom is -0.367 e. The molecular formula is C22H22ClF4N3O2. The van der Waals surface area contributed by atoms with E-state index >= 15 is 0 Å². The minimum atomic E-state index is -4.63. The van der Waals surface area contributed by atoms with E-state index in [1.807, 2.05) is 9.80 Å². The Morgan fingerprint density at radius 2 is 1.72 bits per heavy atom. The molecule has 3 rings (SSSR count). The Labute approximate surface area is 187 Å². The molecule has 10 heteroatoms. The molecular weight excluding hydrogens is 450 g/mol. The van der Waals surface area contributed by atoms with Gasteiger partial charge in [-0.3, -0.25) is 14.5 Å². The first-order chi connectivity index (χ1) is 15.0. The van der Waals surface area contributed by atoms with Crippen LogP contribution in [0.4, 0.5) is 28.9 Å². The first kappa shape index (κ1) is 24.0. The Kier molecular flexibility index (Phi) is 7.09. The van der Waals surface area contributed by atoms with E-state index in [4.69, 9.17) is 11.6 Å². The molecule has 2 aromatic carbocycles. The van der Waals surface area contributed by atoms with Gasteiger partial charge in [0.2, 0.25) is 5.91 Å². The Bertz CT molecular complexity index is 1020. The van der Waals surface area contributed by atoms with Gasteiger partial charge in [0.25, 0.3) is 0 Å². The van der Waals surface area contributed by atoms with Crippen molar-refractivity contribution in [3.63, 3.8) is 0 Å². The number of benzene rings is 2. The Balaban J connectivity index is 1.61. The number of nitrogens with one attached hydrogen (secondary N) is 1. The number of alkyl halides is 3. The number of amides is 1. The number of nitrogens with zero attached hydrogens (tertiary/aromatic N) is 2. The van der Waals surface area contributed by atoms with Crippen molar-refractivity contribution in [2.45, 2.75) is 26.1 Å². The highest BCUT2D eigenvalue weighted by molar-refractivity contribution is 6.31. The van der Waals surface area contributed by atoms with E-state index in [9.17, 15) is 27.2 Å². The molecule has 0 radical (unpaired) electrons. The number of ketones is 1. The zero-order valence-corrected chi connectivity index (χ0v) is 18.2. The lowest BCUT2D eigenvalue weighted by Gasteiger charge is -2.38. The van der Waals surface area contributed by atoms with Crippen molar-refractivity contribution < 1.29 is 27.2 Å². The number of carbonyl (C=O) groups excluding carboxylic acids is 2. The first-order valence-electron chi connectivity index (χ1n) is 9.94. The molecule has 1 N–H and O–H groups in total. The Morgan fingerprint density at radius 1 is 1.06 bits per heavy atom. The molecule has 0 saturated carbocycles. The molecule has 0 aliphatic carbocycles. The third-order valence-electron chi connectivity index (χ3n) is 5.48. The van der Waals surface area contributed by atoms with Crippen molar-refractivity contribution in [3.05, 3.63) is 58.4 Å². The summed E-state index contributed by atoms with van der Waals surface area (Å²) in [5, 5.41) is 2.06. The standard InChI is InChI=1S/C22H22ClF4N3O2/c1-13(21(32)28-16-4-5-18(23)17(12-16)22(25,26)27)29-7-9-30(10-8-29)20-6-3-15(14(2)31)11-19(20)24/h3-6,11-13H,7-10H2,1-2H3,(H,28,32). The van der Waals surface area contributed by atoms with Gasteiger partial charge >= 0.3 is 6.18 Å². The van der Waals surface area contributed by atoms with E-state index in [2.05, 4.69) is 5.32 Å². The third-order valence-corrected chi connectivity index (χ3v) is 5.81. The van der Waals surface area contributed by atoms with Crippen LogP contribution in [0.15, 0.2) is 36.4 Å². The van der Waals surface area contributed by atoms with E-state index in [1.165, 1.54) is 19.1 Å². The summed E-state index contributed by atoms with van der Waals surface area (Å²) in [6.07, 6.45) is -4.63. The fraction of sp³-hybridized carbons (Fsp3) is 0.364. The van der Waals surface area contributed by atoms with Gasteiger partial charge in [0.05, 0.1) is 22.3 Å². The number of hydrogen-bond acceptors (Lipinski definition) is 4. The van der Waals surface area contributed by atoms with Gasteiger partial charge in [-0.1, -0.05) is 11.6 Å². The summed E-state index contributed by atoms with van der Waals surface area (Å²) in [6, 6.07) is 6.95. The van der Waals surface area contributed by atoms with Crippen molar-refractivity contribution in [2.75, 3.05) is 36.4 Å². The lowest BCUT2D eigenvalue weighted by Crippen LogP contribution is -2.53. The maximum absolute atomic E-state index is 14.4. The van der Waals surface area contributed by atoms with Crippen LogP contribution in [0, 0.1) is 5.82 Å². The average molecular weight is 472 g/mol. The van der Waals surface area contributed by atoms with Crippen LogP contribution in [-0.4, -0.2) is 48.8 Å². The fourth-order valence-electron chi connectivity index (χ4n) is 3.57. The van der Waals surface area contributed by atoms with Crippen LogP contribution in [0.2, 0.25) is 5.02 Å². The number of hydrogen-bond donors (Lipinski definition) is 1. The molecule has 0 bridgehead atoms. The predicted octanol–water partition coefficient (Wildman–Crippen LogP) is 4.85. The second kappa shape index (κ2) is 9.46. The van der Waals surface area contributed by atoms with Crippen LogP contribution in [0.1, 0.15) is 29.8 Å². The summed E-state index contributed by atoms with van der Waals surface area (Å²) in [7, 11) is 0. The summed E-state index contributed by atoms with van der Waals surface area (Å²) >= 11 is 5.61. The maximum Gasteiger partial charge on any atom is 0.417 e. The van der Waals surface area contributed by atoms with Crippen LogP contribution in [0.5, 0.6) is 0 Å². The highest BCUT2D eigenvalue weighted by atomic mass is 35.5. The number of halogens is 5. The fourth-order valence-corrected chi connectivity index (χ4v) is 3.79. The van der Waals surface area contributed by atoms with Crippen LogP contribution < -0.4 is 10.2 Å². The highest BCUT2D eigenvalue weighted by Crippen LogP contribution is 2.36. The summed E-state index contributed by atoms with van der Waals surface area (Å²) in [4.78, 5) is 27.7. The molecule has 1 atom stereocenters.